The standard InChI is InChI=1S/C13H14F2N4/c1-7(2)13-18-10(16)6-11(19-13)17-9-5-3-4-8(14)12(9)15/h3-7H,1-2H3,(H3,16,17,18,19). The third-order valence-electron chi connectivity index (χ3n) is 2.49. The lowest BCUT2D eigenvalue weighted by Gasteiger charge is -2.10. The fraction of sp³-hybridized carbons (Fsp3) is 0.231. The van der Waals surface area contributed by atoms with Crippen molar-refractivity contribution in [3.05, 3.63) is 41.7 Å². The molecule has 4 nitrogen and oxygen atoms in total. The van der Waals surface area contributed by atoms with E-state index in [1.165, 1.54) is 18.2 Å². The molecule has 0 unspecified atom stereocenters. The summed E-state index contributed by atoms with van der Waals surface area (Å²) < 4.78 is 26.6. The Morgan fingerprint density at radius 3 is 2.63 bits per heavy atom. The van der Waals surface area contributed by atoms with Crippen LogP contribution >= 0.6 is 0 Å². The lowest BCUT2D eigenvalue weighted by atomic mass is 10.2. The summed E-state index contributed by atoms with van der Waals surface area (Å²) in [6, 6.07) is 5.35. The van der Waals surface area contributed by atoms with E-state index in [1.54, 1.807) is 0 Å². The zero-order chi connectivity index (χ0) is 14.0. The van der Waals surface area contributed by atoms with Gasteiger partial charge in [0.05, 0.1) is 5.69 Å². The average molecular weight is 264 g/mol. The molecule has 3 N–H and O–H groups in total. The Kier molecular flexibility index (Phi) is 3.59. The Bertz CT molecular complexity index is 599. The number of aromatic nitrogens is 2. The van der Waals surface area contributed by atoms with Gasteiger partial charge in [0.15, 0.2) is 11.6 Å². The summed E-state index contributed by atoms with van der Waals surface area (Å²) >= 11 is 0. The highest BCUT2D eigenvalue weighted by molar-refractivity contribution is 5.59. The van der Waals surface area contributed by atoms with Crippen molar-refractivity contribution >= 4 is 17.3 Å². The molecule has 0 bridgehead atoms. The van der Waals surface area contributed by atoms with Crippen LogP contribution in [0.25, 0.3) is 0 Å². The van der Waals surface area contributed by atoms with Crippen molar-refractivity contribution in [2.45, 2.75) is 19.8 Å². The van der Waals surface area contributed by atoms with E-state index in [4.69, 9.17) is 5.73 Å². The summed E-state index contributed by atoms with van der Waals surface area (Å²) in [7, 11) is 0. The number of hydrogen-bond acceptors (Lipinski definition) is 4. The van der Waals surface area contributed by atoms with Crippen LogP contribution in [0, 0.1) is 11.6 Å². The van der Waals surface area contributed by atoms with Crippen molar-refractivity contribution in [2.24, 2.45) is 0 Å². The van der Waals surface area contributed by atoms with Gasteiger partial charge in [-0.05, 0) is 12.1 Å². The van der Waals surface area contributed by atoms with Gasteiger partial charge < -0.3 is 11.1 Å². The molecule has 0 aliphatic heterocycles. The highest BCUT2D eigenvalue weighted by Crippen LogP contribution is 2.22. The molecular formula is C13H14F2N4. The van der Waals surface area contributed by atoms with Gasteiger partial charge in [0.25, 0.3) is 0 Å². The molecule has 2 rings (SSSR count). The van der Waals surface area contributed by atoms with Gasteiger partial charge in [-0.3, -0.25) is 0 Å². The maximum atomic E-state index is 13.5. The monoisotopic (exact) mass is 264 g/mol. The van der Waals surface area contributed by atoms with Crippen LogP contribution in [-0.2, 0) is 0 Å². The third-order valence-corrected chi connectivity index (χ3v) is 2.49. The van der Waals surface area contributed by atoms with E-state index >= 15 is 0 Å². The molecule has 19 heavy (non-hydrogen) atoms. The van der Waals surface area contributed by atoms with Gasteiger partial charge in [-0.2, -0.15) is 0 Å². The Morgan fingerprint density at radius 1 is 1.21 bits per heavy atom. The van der Waals surface area contributed by atoms with Crippen LogP contribution in [0.4, 0.5) is 26.1 Å². The molecule has 0 aliphatic carbocycles. The molecule has 0 radical (unpaired) electrons. The second-order valence-corrected chi connectivity index (χ2v) is 4.42. The first-order valence-corrected chi connectivity index (χ1v) is 5.83. The lowest BCUT2D eigenvalue weighted by Crippen LogP contribution is -2.05. The van der Waals surface area contributed by atoms with Crippen LogP contribution in [0.2, 0.25) is 0 Å². The van der Waals surface area contributed by atoms with Crippen LogP contribution in [0.3, 0.4) is 0 Å². The van der Waals surface area contributed by atoms with Crippen LogP contribution in [-0.4, -0.2) is 9.97 Å². The molecule has 0 fully saturated rings. The van der Waals surface area contributed by atoms with Crippen molar-refractivity contribution in [1.82, 2.24) is 9.97 Å². The van der Waals surface area contributed by atoms with E-state index in [1.807, 2.05) is 13.8 Å². The number of anilines is 3. The number of nitrogens with two attached hydrogens (primary N) is 1. The molecule has 0 saturated heterocycles. The molecule has 0 atom stereocenters. The summed E-state index contributed by atoms with van der Waals surface area (Å²) in [6.45, 7) is 3.84. The minimum absolute atomic E-state index is 0.00723. The first kappa shape index (κ1) is 13.2. The van der Waals surface area contributed by atoms with Crippen LogP contribution in [0.5, 0.6) is 0 Å². The highest BCUT2D eigenvalue weighted by Gasteiger charge is 2.10. The van der Waals surface area contributed by atoms with Gasteiger partial charge in [0.1, 0.15) is 17.5 Å². The summed E-state index contributed by atoms with van der Waals surface area (Å²) in [5.74, 6) is -0.638. The SMILES string of the molecule is CC(C)c1nc(N)cc(Nc2cccc(F)c2F)n1. The fourth-order valence-electron chi connectivity index (χ4n) is 1.55. The van der Waals surface area contributed by atoms with Gasteiger partial charge in [0, 0.05) is 12.0 Å². The number of nitrogens with one attached hydrogen (secondary N) is 1. The smallest absolute Gasteiger partial charge is 0.182 e. The zero-order valence-corrected chi connectivity index (χ0v) is 10.6. The van der Waals surface area contributed by atoms with E-state index in [2.05, 4.69) is 15.3 Å². The Labute approximate surface area is 109 Å². The lowest BCUT2D eigenvalue weighted by molar-refractivity contribution is 0.511. The topological polar surface area (TPSA) is 63.8 Å². The minimum atomic E-state index is -0.953. The van der Waals surface area contributed by atoms with Gasteiger partial charge in [-0.15, -0.1) is 0 Å². The zero-order valence-electron chi connectivity index (χ0n) is 10.6. The van der Waals surface area contributed by atoms with Crippen LogP contribution < -0.4 is 11.1 Å². The van der Waals surface area contributed by atoms with Gasteiger partial charge in [-0.1, -0.05) is 19.9 Å². The van der Waals surface area contributed by atoms with E-state index < -0.39 is 11.6 Å². The number of benzene rings is 1. The summed E-state index contributed by atoms with van der Waals surface area (Å²) in [5.41, 5.74) is 5.67. The summed E-state index contributed by atoms with van der Waals surface area (Å²) in [4.78, 5) is 8.28. The van der Waals surface area contributed by atoms with Gasteiger partial charge in [0.2, 0.25) is 0 Å². The molecule has 0 aliphatic rings. The molecule has 2 aromatic rings. The molecule has 1 aromatic carbocycles. The molecular weight excluding hydrogens is 250 g/mol. The second-order valence-electron chi connectivity index (χ2n) is 4.42. The van der Waals surface area contributed by atoms with Crippen molar-refractivity contribution in [1.29, 1.82) is 0 Å². The Hall–Kier alpha value is -2.24. The second kappa shape index (κ2) is 5.17. The van der Waals surface area contributed by atoms with Crippen molar-refractivity contribution in [2.75, 3.05) is 11.1 Å². The predicted octanol–water partition coefficient (Wildman–Crippen LogP) is 3.20. The maximum absolute atomic E-state index is 13.5. The molecule has 0 amide bonds. The quantitative estimate of drug-likeness (QED) is 0.893. The van der Waals surface area contributed by atoms with E-state index in [0.717, 1.165) is 6.07 Å². The third kappa shape index (κ3) is 2.96. The van der Waals surface area contributed by atoms with Crippen LogP contribution in [0.15, 0.2) is 24.3 Å². The number of hydrogen-bond donors (Lipinski definition) is 2. The maximum Gasteiger partial charge on any atom is 0.182 e. The largest absolute Gasteiger partial charge is 0.384 e. The number of nitrogens with zero attached hydrogens (tertiary/aromatic N) is 2. The van der Waals surface area contributed by atoms with Crippen molar-refractivity contribution in [3.8, 4) is 0 Å². The Morgan fingerprint density at radius 2 is 1.95 bits per heavy atom. The number of halogens is 2. The van der Waals surface area contributed by atoms with Crippen molar-refractivity contribution < 1.29 is 8.78 Å². The fourth-order valence-corrected chi connectivity index (χ4v) is 1.55. The van der Waals surface area contributed by atoms with E-state index in [9.17, 15) is 8.78 Å². The molecule has 1 heterocycles. The molecule has 6 heteroatoms. The van der Waals surface area contributed by atoms with E-state index in [0.29, 0.717) is 11.6 Å². The average Bonchev–Trinajstić information content (AvgIpc) is 2.34. The normalized spacial score (nSPS) is 10.8. The molecule has 0 spiro atoms. The number of nitrogen functional groups attached to an aromatic ring is 1. The highest BCUT2D eigenvalue weighted by atomic mass is 19.2. The van der Waals surface area contributed by atoms with Crippen molar-refractivity contribution in [3.63, 3.8) is 0 Å². The van der Waals surface area contributed by atoms with E-state index in [-0.39, 0.29) is 17.4 Å². The Balaban J connectivity index is 2.35. The predicted molar refractivity (Wildman–Crippen MR) is 70.2 cm³/mol. The van der Waals surface area contributed by atoms with Gasteiger partial charge >= 0.3 is 0 Å². The first-order chi connectivity index (χ1) is 8.97. The van der Waals surface area contributed by atoms with Crippen LogP contribution in [0.1, 0.15) is 25.6 Å². The molecule has 1 aromatic heterocycles. The molecule has 100 valence electrons. The first-order valence-electron chi connectivity index (χ1n) is 5.83. The minimum Gasteiger partial charge on any atom is -0.384 e. The molecule has 0 saturated carbocycles. The number of rotatable bonds is 3. The van der Waals surface area contributed by atoms with Gasteiger partial charge in [-0.25, -0.2) is 18.7 Å². The summed E-state index contributed by atoms with van der Waals surface area (Å²) in [5, 5.41) is 2.70. The summed E-state index contributed by atoms with van der Waals surface area (Å²) in [6.07, 6.45) is 0.